The maximum atomic E-state index is 12.0. The maximum absolute atomic E-state index is 12.0. The molecule has 0 spiro atoms. The molecule has 2 aromatic heterocycles. The molecular formula is C16H18N4O2. The molecule has 1 aromatic carbocycles. The van der Waals surface area contributed by atoms with Crippen molar-refractivity contribution in [3.8, 4) is 11.6 Å². The number of imidazole rings is 1. The molecule has 0 bridgehead atoms. The van der Waals surface area contributed by atoms with Crippen molar-refractivity contribution in [2.45, 2.75) is 6.92 Å². The predicted octanol–water partition coefficient (Wildman–Crippen LogP) is 2.62. The largest absolute Gasteiger partial charge is 0.461 e. The number of aromatic nitrogens is 2. The van der Waals surface area contributed by atoms with Crippen LogP contribution in [0.25, 0.3) is 22.6 Å². The van der Waals surface area contributed by atoms with Crippen LogP contribution in [0.2, 0.25) is 0 Å². The number of nitrogens with zero attached hydrogens (tertiary/aromatic N) is 1. The molecule has 0 saturated carbocycles. The van der Waals surface area contributed by atoms with Crippen LogP contribution in [0.5, 0.6) is 0 Å². The average Bonchev–Trinajstić information content (AvgIpc) is 3.15. The van der Waals surface area contributed by atoms with Gasteiger partial charge in [0, 0.05) is 18.2 Å². The molecule has 2 heterocycles. The van der Waals surface area contributed by atoms with E-state index in [-0.39, 0.29) is 11.8 Å². The van der Waals surface area contributed by atoms with Crippen LogP contribution in [0.4, 0.5) is 5.69 Å². The molecule has 0 radical (unpaired) electrons. The Morgan fingerprint density at radius 1 is 1.41 bits per heavy atom. The number of anilines is 1. The van der Waals surface area contributed by atoms with Crippen LogP contribution in [0, 0.1) is 5.92 Å². The van der Waals surface area contributed by atoms with Gasteiger partial charge in [-0.05, 0) is 37.4 Å². The first-order valence-electron chi connectivity index (χ1n) is 7.16. The molecular weight excluding hydrogens is 280 g/mol. The van der Waals surface area contributed by atoms with Crippen LogP contribution < -0.4 is 10.6 Å². The summed E-state index contributed by atoms with van der Waals surface area (Å²) in [6.07, 6.45) is 1.61. The van der Waals surface area contributed by atoms with E-state index in [0.717, 1.165) is 16.7 Å². The van der Waals surface area contributed by atoms with Gasteiger partial charge in [0.15, 0.2) is 11.6 Å². The third-order valence-corrected chi connectivity index (χ3v) is 3.46. The summed E-state index contributed by atoms with van der Waals surface area (Å²) in [5.74, 6) is 1.25. The van der Waals surface area contributed by atoms with Gasteiger partial charge in [0.1, 0.15) is 0 Å². The monoisotopic (exact) mass is 298 g/mol. The second-order valence-corrected chi connectivity index (χ2v) is 5.24. The van der Waals surface area contributed by atoms with Crippen molar-refractivity contribution in [1.29, 1.82) is 0 Å². The van der Waals surface area contributed by atoms with Gasteiger partial charge in [0.2, 0.25) is 5.91 Å². The van der Waals surface area contributed by atoms with E-state index >= 15 is 0 Å². The minimum Gasteiger partial charge on any atom is -0.461 e. The molecule has 114 valence electrons. The van der Waals surface area contributed by atoms with Crippen LogP contribution >= 0.6 is 0 Å². The lowest BCUT2D eigenvalue weighted by Gasteiger charge is -2.11. The third kappa shape index (κ3) is 2.87. The number of aromatic amines is 1. The third-order valence-electron chi connectivity index (χ3n) is 3.46. The van der Waals surface area contributed by atoms with E-state index in [9.17, 15) is 4.79 Å². The van der Waals surface area contributed by atoms with Gasteiger partial charge in [0.25, 0.3) is 0 Å². The zero-order valence-electron chi connectivity index (χ0n) is 12.5. The molecule has 0 aliphatic heterocycles. The topological polar surface area (TPSA) is 82.9 Å². The Bertz CT molecular complexity index is 777. The summed E-state index contributed by atoms with van der Waals surface area (Å²) in [5, 5.41) is 5.91. The number of hydrogen-bond donors (Lipinski definition) is 3. The standard InChI is InChI=1S/C16H18N4O2/c1-10(9-17-2)16(21)18-11-5-6-12-13(8-11)20-15(19-12)14-4-3-7-22-14/h3-8,10,17H,9H2,1-2H3,(H,18,21)(H,19,20). The Labute approximate surface area is 127 Å². The van der Waals surface area contributed by atoms with Crippen molar-refractivity contribution in [2.24, 2.45) is 5.92 Å². The molecule has 0 aliphatic rings. The van der Waals surface area contributed by atoms with Gasteiger partial charge in [-0.25, -0.2) is 4.98 Å². The number of carbonyl (C=O) groups excluding carboxylic acids is 1. The lowest BCUT2D eigenvalue weighted by molar-refractivity contribution is -0.119. The van der Waals surface area contributed by atoms with Crippen molar-refractivity contribution in [2.75, 3.05) is 18.9 Å². The van der Waals surface area contributed by atoms with E-state index in [1.165, 1.54) is 0 Å². The smallest absolute Gasteiger partial charge is 0.228 e. The minimum atomic E-state index is -0.0962. The Morgan fingerprint density at radius 2 is 2.27 bits per heavy atom. The number of hydrogen-bond acceptors (Lipinski definition) is 4. The van der Waals surface area contributed by atoms with Gasteiger partial charge in [-0.15, -0.1) is 0 Å². The molecule has 0 fully saturated rings. The number of nitrogens with one attached hydrogen (secondary N) is 3. The Hall–Kier alpha value is -2.60. The fraction of sp³-hybridized carbons (Fsp3) is 0.250. The first kappa shape index (κ1) is 14.3. The number of benzene rings is 1. The zero-order valence-corrected chi connectivity index (χ0v) is 12.5. The van der Waals surface area contributed by atoms with E-state index in [1.54, 1.807) is 6.26 Å². The normalized spacial score (nSPS) is 12.5. The van der Waals surface area contributed by atoms with Crippen molar-refractivity contribution >= 4 is 22.6 Å². The van der Waals surface area contributed by atoms with Gasteiger partial charge in [0.05, 0.1) is 17.3 Å². The molecule has 22 heavy (non-hydrogen) atoms. The Balaban J connectivity index is 1.82. The summed E-state index contributed by atoms with van der Waals surface area (Å²) >= 11 is 0. The number of fused-ring (bicyclic) bond motifs is 1. The second kappa shape index (κ2) is 6.03. The number of H-pyrrole nitrogens is 1. The lowest BCUT2D eigenvalue weighted by atomic mass is 10.1. The van der Waals surface area contributed by atoms with Gasteiger partial charge >= 0.3 is 0 Å². The molecule has 3 rings (SSSR count). The first-order chi connectivity index (χ1) is 10.7. The van der Waals surface area contributed by atoms with Crippen LogP contribution in [-0.2, 0) is 4.79 Å². The van der Waals surface area contributed by atoms with Gasteiger partial charge in [-0.1, -0.05) is 6.92 Å². The number of furan rings is 1. The molecule has 3 aromatic rings. The fourth-order valence-electron chi connectivity index (χ4n) is 2.28. The molecule has 0 saturated heterocycles. The second-order valence-electron chi connectivity index (χ2n) is 5.24. The lowest BCUT2D eigenvalue weighted by Crippen LogP contribution is -2.28. The predicted molar refractivity (Wildman–Crippen MR) is 85.5 cm³/mol. The number of rotatable bonds is 5. The summed E-state index contributed by atoms with van der Waals surface area (Å²) in [5.41, 5.74) is 2.42. The van der Waals surface area contributed by atoms with Gasteiger partial charge < -0.3 is 20.0 Å². The van der Waals surface area contributed by atoms with Crippen molar-refractivity contribution in [3.05, 3.63) is 36.6 Å². The van der Waals surface area contributed by atoms with E-state index in [4.69, 9.17) is 4.42 Å². The van der Waals surface area contributed by atoms with Crippen molar-refractivity contribution in [1.82, 2.24) is 15.3 Å². The van der Waals surface area contributed by atoms with Crippen LogP contribution in [0.3, 0.4) is 0 Å². The molecule has 0 aliphatic carbocycles. The molecule has 1 amide bonds. The van der Waals surface area contributed by atoms with E-state index < -0.39 is 0 Å². The van der Waals surface area contributed by atoms with E-state index in [2.05, 4.69) is 20.6 Å². The number of amides is 1. The fourth-order valence-corrected chi connectivity index (χ4v) is 2.28. The van der Waals surface area contributed by atoms with Crippen LogP contribution in [0.15, 0.2) is 41.0 Å². The summed E-state index contributed by atoms with van der Waals surface area (Å²) in [7, 11) is 1.83. The Morgan fingerprint density at radius 3 is 3.00 bits per heavy atom. The highest BCUT2D eigenvalue weighted by molar-refractivity contribution is 5.94. The molecule has 6 heteroatoms. The van der Waals surface area contributed by atoms with Crippen LogP contribution in [0.1, 0.15) is 6.92 Å². The van der Waals surface area contributed by atoms with Crippen molar-refractivity contribution < 1.29 is 9.21 Å². The molecule has 6 nitrogen and oxygen atoms in total. The SMILES string of the molecule is CNCC(C)C(=O)Nc1ccc2nc(-c3ccco3)[nH]c2c1. The average molecular weight is 298 g/mol. The maximum Gasteiger partial charge on any atom is 0.228 e. The summed E-state index contributed by atoms with van der Waals surface area (Å²) in [6.45, 7) is 2.52. The summed E-state index contributed by atoms with van der Waals surface area (Å²) in [6, 6.07) is 9.26. The highest BCUT2D eigenvalue weighted by Gasteiger charge is 2.13. The molecule has 1 unspecified atom stereocenters. The first-order valence-corrected chi connectivity index (χ1v) is 7.16. The van der Waals surface area contributed by atoms with Crippen molar-refractivity contribution in [3.63, 3.8) is 0 Å². The quantitative estimate of drug-likeness (QED) is 0.676. The van der Waals surface area contributed by atoms with E-state index in [0.29, 0.717) is 18.1 Å². The van der Waals surface area contributed by atoms with Crippen LogP contribution in [-0.4, -0.2) is 29.5 Å². The molecule has 3 N–H and O–H groups in total. The minimum absolute atomic E-state index is 0.0144. The number of carbonyl (C=O) groups is 1. The van der Waals surface area contributed by atoms with Gasteiger partial charge in [-0.2, -0.15) is 0 Å². The van der Waals surface area contributed by atoms with E-state index in [1.807, 2.05) is 44.3 Å². The van der Waals surface area contributed by atoms with Gasteiger partial charge in [-0.3, -0.25) is 4.79 Å². The summed E-state index contributed by atoms with van der Waals surface area (Å²) in [4.78, 5) is 19.7. The highest BCUT2D eigenvalue weighted by atomic mass is 16.3. The summed E-state index contributed by atoms with van der Waals surface area (Å²) < 4.78 is 5.33. The highest BCUT2D eigenvalue weighted by Crippen LogP contribution is 2.23. The molecule has 1 atom stereocenters. The Kier molecular flexibility index (Phi) is 3.93. The zero-order chi connectivity index (χ0) is 15.5.